The molecule has 0 aliphatic carbocycles. The minimum Gasteiger partial charge on any atom is -0.466 e. The number of rotatable bonds is 21. The minimum absolute atomic E-state index is 0.300. The van der Waals surface area contributed by atoms with Crippen LogP contribution in [0.5, 0.6) is 0 Å². The maximum atomic E-state index is 10.8. The van der Waals surface area contributed by atoms with Crippen molar-refractivity contribution in [1.82, 2.24) is 0 Å². The summed E-state index contributed by atoms with van der Waals surface area (Å²) < 4.78 is 13.7. The molecular weight excluding hydrogens is 468 g/mol. The summed E-state index contributed by atoms with van der Waals surface area (Å²) in [5, 5.41) is 0. The van der Waals surface area contributed by atoms with Crippen molar-refractivity contribution in [3.63, 3.8) is 0 Å². The first-order valence-electron chi connectivity index (χ1n) is 14.1. The molecule has 0 unspecified atom stereocenters. The SMILES string of the molecule is C=C(C)C(=O)OC.C=CC(=O)OCC.C=CC(=O)OCCCCCCCCCCCCCCCCCC. The normalized spacial score (nSPS) is 9.51. The number of hydrogen-bond donors (Lipinski definition) is 0. The second-order valence-corrected chi connectivity index (χ2v) is 8.90. The molecule has 6 heteroatoms. The number of unbranched alkanes of at least 4 members (excludes halogenated alkanes) is 15. The molecule has 0 bridgehead atoms. The molecule has 0 N–H and O–H groups in total. The van der Waals surface area contributed by atoms with Gasteiger partial charge in [0.2, 0.25) is 0 Å². The maximum absolute atomic E-state index is 10.8. The quantitative estimate of drug-likeness (QED) is 0.0648. The molecule has 0 radical (unpaired) electrons. The predicted molar refractivity (Wildman–Crippen MR) is 154 cm³/mol. The van der Waals surface area contributed by atoms with Gasteiger partial charge in [-0.3, -0.25) is 0 Å². The molecule has 0 heterocycles. The van der Waals surface area contributed by atoms with Gasteiger partial charge in [0.05, 0.1) is 20.3 Å². The average Bonchev–Trinajstić information content (AvgIpc) is 2.90. The van der Waals surface area contributed by atoms with Crippen LogP contribution in [-0.2, 0) is 28.6 Å². The number of carbonyl (C=O) groups is 3. The van der Waals surface area contributed by atoms with Crippen molar-refractivity contribution < 1.29 is 28.6 Å². The van der Waals surface area contributed by atoms with Crippen LogP contribution in [0.25, 0.3) is 0 Å². The van der Waals surface area contributed by atoms with E-state index in [0.717, 1.165) is 12.5 Å². The lowest BCUT2D eigenvalue weighted by Crippen LogP contribution is -2.01. The van der Waals surface area contributed by atoms with E-state index in [9.17, 15) is 14.4 Å². The molecule has 0 spiro atoms. The molecule has 0 atom stereocenters. The number of esters is 3. The van der Waals surface area contributed by atoms with Crippen LogP contribution in [0.1, 0.15) is 124 Å². The first-order valence-corrected chi connectivity index (χ1v) is 14.1. The molecular formula is C31H56O6. The van der Waals surface area contributed by atoms with Gasteiger partial charge in [-0.15, -0.1) is 0 Å². The Morgan fingerprint density at radius 2 is 0.973 bits per heavy atom. The highest BCUT2D eigenvalue weighted by Crippen LogP contribution is 2.13. The molecule has 0 aliphatic heterocycles. The minimum atomic E-state index is -0.359. The summed E-state index contributed by atoms with van der Waals surface area (Å²) in [5.41, 5.74) is 0.433. The Morgan fingerprint density at radius 3 is 1.22 bits per heavy atom. The fourth-order valence-corrected chi connectivity index (χ4v) is 3.26. The van der Waals surface area contributed by atoms with Gasteiger partial charge in [-0.1, -0.05) is 123 Å². The zero-order valence-corrected chi connectivity index (χ0v) is 24.5. The summed E-state index contributed by atoms with van der Waals surface area (Å²) in [4.78, 5) is 31.1. The van der Waals surface area contributed by atoms with Crippen LogP contribution >= 0.6 is 0 Å². The Balaban J connectivity index is -0.000000670. The highest BCUT2D eigenvalue weighted by atomic mass is 16.5. The third kappa shape index (κ3) is 38.3. The van der Waals surface area contributed by atoms with Crippen LogP contribution in [0.2, 0.25) is 0 Å². The summed E-state index contributed by atoms with van der Waals surface area (Å²) in [6.45, 7) is 16.5. The largest absolute Gasteiger partial charge is 0.466 e. The van der Waals surface area contributed by atoms with E-state index >= 15 is 0 Å². The standard InChI is InChI=1S/C21H40O2.2C5H8O2/c1-3-5-6-7-8-9-10-11-12-13-14-15-16-17-18-19-20-23-21(22)4-2;1-4(2)5(6)7-3;1-3-5(6)7-4-2/h4H,2-3,5-20H2,1H3;1H2,2-3H3;3H,1,4H2,2H3. The zero-order chi connectivity index (χ0) is 28.6. The Kier molecular flexibility index (Phi) is 35.6. The van der Waals surface area contributed by atoms with Gasteiger partial charge in [-0.2, -0.15) is 0 Å². The Morgan fingerprint density at radius 1 is 0.622 bits per heavy atom. The first-order chi connectivity index (χ1) is 17.8. The molecule has 0 aromatic heterocycles. The van der Waals surface area contributed by atoms with Crippen molar-refractivity contribution in [3.8, 4) is 0 Å². The smallest absolute Gasteiger partial charge is 0.332 e. The molecule has 37 heavy (non-hydrogen) atoms. The summed E-state index contributed by atoms with van der Waals surface area (Å²) >= 11 is 0. The van der Waals surface area contributed by atoms with E-state index in [1.54, 1.807) is 13.8 Å². The predicted octanol–water partition coefficient (Wildman–Crippen LogP) is 8.45. The van der Waals surface area contributed by atoms with Crippen molar-refractivity contribution in [3.05, 3.63) is 37.5 Å². The highest BCUT2D eigenvalue weighted by molar-refractivity contribution is 5.86. The fourth-order valence-electron chi connectivity index (χ4n) is 3.26. The van der Waals surface area contributed by atoms with Gasteiger partial charge in [-0.25, -0.2) is 14.4 Å². The van der Waals surface area contributed by atoms with Crippen molar-refractivity contribution in [2.24, 2.45) is 0 Å². The lowest BCUT2D eigenvalue weighted by atomic mass is 10.0. The Labute approximate surface area is 227 Å². The average molecular weight is 525 g/mol. The van der Waals surface area contributed by atoms with Crippen molar-refractivity contribution in [2.45, 2.75) is 124 Å². The molecule has 0 rings (SSSR count). The maximum Gasteiger partial charge on any atom is 0.332 e. The van der Waals surface area contributed by atoms with E-state index in [4.69, 9.17) is 4.74 Å². The Hall–Kier alpha value is -2.37. The fraction of sp³-hybridized carbons (Fsp3) is 0.710. The molecule has 0 aliphatic rings. The second-order valence-electron chi connectivity index (χ2n) is 8.90. The molecule has 0 amide bonds. The monoisotopic (exact) mass is 524 g/mol. The lowest BCUT2D eigenvalue weighted by molar-refractivity contribution is -0.138. The molecule has 0 aromatic carbocycles. The topological polar surface area (TPSA) is 78.9 Å². The van der Waals surface area contributed by atoms with E-state index in [0.29, 0.717) is 18.8 Å². The summed E-state index contributed by atoms with van der Waals surface area (Å²) in [6.07, 6.45) is 24.1. The van der Waals surface area contributed by atoms with Gasteiger partial charge in [0.1, 0.15) is 0 Å². The molecule has 216 valence electrons. The number of ether oxygens (including phenoxy) is 3. The van der Waals surface area contributed by atoms with Gasteiger partial charge < -0.3 is 14.2 Å². The van der Waals surface area contributed by atoms with E-state index in [2.05, 4.69) is 36.1 Å². The van der Waals surface area contributed by atoms with Crippen LogP contribution in [0, 0.1) is 0 Å². The summed E-state index contributed by atoms with van der Waals surface area (Å²) in [7, 11) is 1.33. The van der Waals surface area contributed by atoms with Crippen LogP contribution in [0.3, 0.4) is 0 Å². The van der Waals surface area contributed by atoms with Gasteiger partial charge in [0.25, 0.3) is 0 Å². The van der Waals surface area contributed by atoms with E-state index < -0.39 is 0 Å². The van der Waals surface area contributed by atoms with E-state index in [-0.39, 0.29) is 17.9 Å². The number of carbonyl (C=O) groups excluding carboxylic acids is 3. The highest BCUT2D eigenvalue weighted by Gasteiger charge is 1.97. The van der Waals surface area contributed by atoms with Crippen LogP contribution < -0.4 is 0 Å². The molecule has 0 saturated heterocycles. The third-order valence-corrected chi connectivity index (χ3v) is 5.40. The second kappa shape index (κ2) is 33.6. The van der Waals surface area contributed by atoms with E-state index in [1.807, 2.05) is 0 Å². The van der Waals surface area contributed by atoms with Crippen LogP contribution in [0.15, 0.2) is 37.5 Å². The lowest BCUT2D eigenvalue weighted by Gasteiger charge is -2.04. The number of methoxy groups -OCH3 is 1. The molecule has 0 aromatic rings. The summed E-state index contributed by atoms with van der Waals surface area (Å²) in [6, 6.07) is 0. The van der Waals surface area contributed by atoms with Gasteiger partial charge in [0.15, 0.2) is 0 Å². The van der Waals surface area contributed by atoms with Crippen molar-refractivity contribution >= 4 is 17.9 Å². The first kappa shape index (κ1) is 39.1. The van der Waals surface area contributed by atoms with Gasteiger partial charge in [0, 0.05) is 17.7 Å². The summed E-state index contributed by atoms with van der Waals surface area (Å²) in [5.74, 6) is -1.01. The number of hydrogen-bond acceptors (Lipinski definition) is 6. The van der Waals surface area contributed by atoms with Gasteiger partial charge in [-0.05, 0) is 20.3 Å². The van der Waals surface area contributed by atoms with Crippen LogP contribution in [-0.4, -0.2) is 38.2 Å². The molecule has 6 nitrogen and oxygen atoms in total. The van der Waals surface area contributed by atoms with Crippen molar-refractivity contribution in [1.29, 1.82) is 0 Å². The van der Waals surface area contributed by atoms with E-state index in [1.165, 1.54) is 109 Å². The molecule has 0 saturated carbocycles. The van der Waals surface area contributed by atoms with Crippen LogP contribution in [0.4, 0.5) is 0 Å². The molecule has 0 fully saturated rings. The van der Waals surface area contributed by atoms with Crippen molar-refractivity contribution in [2.75, 3.05) is 20.3 Å². The zero-order valence-electron chi connectivity index (χ0n) is 24.5. The van der Waals surface area contributed by atoms with Gasteiger partial charge >= 0.3 is 17.9 Å². The Bertz CT molecular complexity index is 580. The third-order valence-electron chi connectivity index (χ3n) is 5.40.